The average Bonchev–Trinajstić information content (AvgIpc) is 3.35. The molecule has 0 aliphatic carbocycles. The Balaban J connectivity index is 1.56. The molecule has 27 heavy (non-hydrogen) atoms. The third-order valence-corrected chi connectivity index (χ3v) is 4.14. The van der Waals surface area contributed by atoms with Gasteiger partial charge in [0.05, 0.1) is 6.26 Å². The van der Waals surface area contributed by atoms with Gasteiger partial charge in [-0.1, -0.05) is 0 Å². The molecular formula is C18H17N7O2. The molecule has 0 radical (unpaired) electrons. The maximum absolute atomic E-state index is 12.7. The highest BCUT2D eigenvalue weighted by Gasteiger charge is 2.18. The lowest BCUT2D eigenvalue weighted by molar-refractivity contribution is 0.0791. The summed E-state index contributed by atoms with van der Waals surface area (Å²) in [6.45, 7) is 0.542. The van der Waals surface area contributed by atoms with Crippen molar-refractivity contribution in [3.63, 3.8) is 0 Å². The van der Waals surface area contributed by atoms with E-state index in [1.54, 1.807) is 42.5 Å². The van der Waals surface area contributed by atoms with E-state index in [-0.39, 0.29) is 17.5 Å². The first-order valence-electron chi connectivity index (χ1n) is 8.33. The molecule has 136 valence electrons. The summed E-state index contributed by atoms with van der Waals surface area (Å²) in [4.78, 5) is 26.9. The number of hydrogen-bond acceptors (Lipinski definition) is 7. The van der Waals surface area contributed by atoms with Crippen molar-refractivity contribution in [2.45, 2.75) is 6.42 Å². The number of furan rings is 1. The summed E-state index contributed by atoms with van der Waals surface area (Å²) in [6, 6.07) is 8.91. The van der Waals surface area contributed by atoms with Gasteiger partial charge in [0.15, 0.2) is 11.4 Å². The first kappa shape index (κ1) is 16.7. The maximum Gasteiger partial charge on any atom is 0.272 e. The molecule has 0 aliphatic heterocycles. The minimum absolute atomic E-state index is 0.0867. The standard InChI is InChI=1S/C18H17N7O2/c1-24(9-6-12-4-7-20-8-5-12)17(26)13-11-15-22-16(14-3-2-10-27-14)23-25(15)18(19)21-13/h2-5,7-8,10-11H,6,9H2,1H3,(H2,19,21). The van der Waals surface area contributed by atoms with Crippen LogP contribution in [0.2, 0.25) is 0 Å². The first-order valence-corrected chi connectivity index (χ1v) is 8.33. The molecule has 4 aromatic heterocycles. The molecule has 9 heteroatoms. The van der Waals surface area contributed by atoms with Gasteiger partial charge >= 0.3 is 0 Å². The van der Waals surface area contributed by atoms with E-state index in [2.05, 4.69) is 20.1 Å². The zero-order valence-electron chi connectivity index (χ0n) is 14.6. The molecule has 0 fully saturated rings. The molecule has 2 N–H and O–H groups in total. The lowest BCUT2D eigenvalue weighted by Crippen LogP contribution is -2.30. The van der Waals surface area contributed by atoms with Gasteiger partial charge in [0.2, 0.25) is 11.8 Å². The second-order valence-electron chi connectivity index (χ2n) is 6.01. The van der Waals surface area contributed by atoms with Crippen molar-refractivity contribution in [3.8, 4) is 11.6 Å². The van der Waals surface area contributed by atoms with Gasteiger partial charge in [-0.2, -0.15) is 4.52 Å². The van der Waals surface area contributed by atoms with Crippen LogP contribution in [-0.4, -0.2) is 49.0 Å². The molecular weight excluding hydrogens is 346 g/mol. The number of rotatable bonds is 5. The third kappa shape index (κ3) is 3.34. The van der Waals surface area contributed by atoms with Gasteiger partial charge in [0.1, 0.15) is 5.69 Å². The number of nitrogens with zero attached hydrogens (tertiary/aromatic N) is 6. The molecule has 9 nitrogen and oxygen atoms in total. The summed E-state index contributed by atoms with van der Waals surface area (Å²) in [7, 11) is 1.73. The summed E-state index contributed by atoms with van der Waals surface area (Å²) < 4.78 is 6.68. The topological polar surface area (TPSA) is 115 Å². The third-order valence-electron chi connectivity index (χ3n) is 4.14. The van der Waals surface area contributed by atoms with Gasteiger partial charge in [-0.25, -0.2) is 9.97 Å². The Morgan fingerprint density at radius 2 is 2.07 bits per heavy atom. The lowest BCUT2D eigenvalue weighted by Gasteiger charge is -2.16. The van der Waals surface area contributed by atoms with E-state index in [4.69, 9.17) is 10.2 Å². The zero-order chi connectivity index (χ0) is 18.8. The van der Waals surface area contributed by atoms with Gasteiger partial charge in [0, 0.05) is 32.1 Å². The van der Waals surface area contributed by atoms with E-state index in [0.717, 1.165) is 12.0 Å². The zero-order valence-corrected chi connectivity index (χ0v) is 14.6. The second-order valence-corrected chi connectivity index (χ2v) is 6.01. The van der Waals surface area contributed by atoms with E-state index < -0.39 is 0 Å². The number of likely N-dealkylation sites (N-methyl/N-ethyl adjacent to an activating group) is 1. The molecule has 0 saturated heterocycles. The predicted molar refractivity (Wildman–Crippen MR) is 97.8 cm³/mol. The molecule has 4 aromatic rings. The van der Waals surface area contributed by atoms with E-state index >= 15 is 0 Å². The summed E-state index contributed by atoms with van der Waals surface area (Å²) in [6.07, 6.45) is 5.72. The van der Waals surface area contributed by atoms with E-state index in [1.165, 1.54) is 10.8 Å². The predicted octanol–water partition coefficient (Wildman–Crippen LogP) is 1.68. The molecule has 0 spiro atoms. The van der Waals surface area contributed by atoms with Gasteiger partial charge in [-0.05, 0) is 36.2 Å². The van der Waals surface area contributed by atoms with Crippen LogP contribution in [0.1, 0.15) is 16.1 Å². The van der Waals surface area contributed by atoms with Crippen molar-refractivity contribution in [2.75, 3.05) is 19.3 Å². The summed E-state index contributed by atoms with van der Waals surface area (Å²) >= 11 is 0. The van der Waals surface area contributed by atoms with Gasteiger partial charge in [-0.3, -0.25) is 9.78 Å². The normalized spacial score (nSPS) is 11.0. The number of aromatic nitrogens is 5. The summed E-state index contributed by atoms with van der Waals surface area (Å²) in [5.41, 5.74) is 7.72. The smallest absolute Gasteiger partial charge is 0.272 e. The van der Waals surface area contributed by atoms with Crippen molar-refractivity contribution < 1.29 is 9.21 Å². The number of nitrogen functional groups attached to an aromatic ring is 1. The number of carbonyl (C=O) groups excluding carboxylic acids is 1. The Hall–Kier alpha value is -3.75. The van der Waals surface area contributed by atoms with Crippen molar-refractivity contribution in [2.24, 2.45) is 0 Å². The quantitative estimate of drug-likeness (QED) is 0.573. The Labute approximate surface area is 154 Å². The number of anilines is 1. The monoisotopic (exact) mass is 363 g/mol. The van der Waals surface area contributed by atoms with Crippen LogP contribution in [0.4, 0.5) is 5.95 Å². The van der Waals surface area contributed by atoms with Gasteiger partial charge in [-0.15, -0.1) is 5.10 Å². The highest BCUT2D eigenvalue weighted by molar-refractivity contribution is 5.93. The number of pyridine rings is 1. The number of amides is 1. The fourth-order valence-corrected chi connectivity index (χ4v) is 2.67. The van der Waals surface area contributed by atoms with Gasteiger partial charge in [0.25, 0.3) is 5.91 Å². The maximum atomic E-state index is 12.7. The van der Waals surface area contributed by atoms with Crippen LogP contribution < -0.4 is 5.73 Å². The minimum atomic E-state index is -0.235. The Kier molecular flexibility index (Phi) is 4.25. The largest absolute Gasteiger partial charge is 0.461 e. The van der Waals surface area contributed by atoms with Crippen LogP contribution in [0.25, 0.3) is 17.2 Å². The molecule has 0 aromatic carbocycles. The fourth-order valence-electron chi connectivity index (χ4n) is 2.67. The molecule has 0 atom stereocenters. The van der Waals surface area contributed by atoms with Crippen molar-refractivity contribution >= 4 is 17.5 Å². The molecule has 1 amide bonds. The number of hydrogen-bond donors (Lipinski definition) is 1. The van der Waals surface area contributed by atoms with Crippen molar-refractivity contribution in [1.29, 1.82) is 0 Å². The molecule has 0 saturated carbocycles. The Morgan fingerprint density at radius 1 is 1.26 bits per heavy atom. The minimum Gasteiger partial charge on any atom is -0.461 e. The van der Waals surface area contributed by atoms with Crippen LogP contribution >= 0.6 is 0 Å². The summed E-state index contributed by atoms with van der Waals surface area (Å²) in [5.74, 6) is 0.745. The van der Waals surface area contributed by atoms with Crippen molar-refractivity contribution in [3.05, 3.63) is 60.2 Å². The average molecular weight is 363 g/mol. The highest BCUT2D eigenvalue weighted by Crippen LogP contribution is 2.18. The van der Waals surface area contributed by atoms with Crippen LogP contribution in [-0.2, 0) is 6.42 Å². The fraction of sp³-hybridized carbons (Fsp3) is 0.167. The molecule has 0 bridgehead atoms. The molecule has 4 rings (SSSR count). The Morgan fingerprint density at radius 3 is 2.81 bits per heavy atom. The van der Waals surface area contributed by atoms with E-state index in [9.17, 15) is 4.79 Å². The Bertz CT molecular complexity index is 1070. The van der Waals surface area contributed by atoms with Crippen LogP contribution in [0, 0.1) is 0 Å². The first-order chi connectivity index (χ1) is 13.1. The van der Waals surface area contributed by atoms with Crippen LogP contribution in [0.15, 0.2) is 53.4 Å². The molecule has 0 aliphatic rings. The van der Waals surface area contributed by atoms with Crippen LogP contribution in [0.3, 0.4) is 0 Å². The van der Waals surface area contributed by atoms with E-state index in [0.29, 0.717) is 23.8 Å². The lowest BCUT2D eigenvalue weighted by atomic mass is 10.2. The molecule has 4 heterocycles. The van der Waals surface area contributed by atoms with E-state index in [1.807, 2.05) is 12.1 Å². The number of nitrogens with two attached hydrogens (primary N) is 1. The van der Waals surface area contributed by atoms with Gasteiger partial charge < -0.3 is 15.1 Å². The highest BCUT2D eigenvalue weighted by atomic mass is 16.3. The number of carbonyl (C=O) groups is 1. The van der Waals surface area contributed by atoms with Crippen molar-refractivity contribution in [1.82, 2.24) is 29.5 Å². The second kappa shape index (κ2) is 6.87. The SMILES string of the molecule is CN(CCc1ccncc1)C(=O)c1cc2nc(-c3ccco3)nn2c(N)n1. The molecule has 0 unspecified atom stereocenters. The van der Waals surface area contributed by atoms with Crippen LogP contribution in [0.5, 0.6) is 0 Å². The number of fused-ring (bicyclic) bond motifs is 1. The summed E-state index contributed by atoms with van der Waals surface area (Å²) in [5, 5.41) is 4.27.